The van der Waals surface area contributed by atoms with Crippen LogP contribution in [0.1, 0.15) is 12.0 Å². The number of benzene rings is 1. The highest BCUT2D eigenvalue weighted by Gasteiger charge is 2.11. The van der Waals surface area contributed by atoms with Crippen molar-refractivity contribution in [1.29, 1.82) is 0 Å². The summed E-state index contributed by atoms with van der Waals surface area (Å²) in [5.74, 6) is 1.23. The quantitative estimate of drug-likeness (QED) is 0.242. The predicted molar refractivity (Wildman–Crippen MR) is 110 cm³/mol. The fourth-order valence-electron chi connectivity index (χ4n) is 2.31. The van der Waals surface area contributed by atoms with Crippen LogP contribution in [0.5, 0.6) is 11.5 Å². The minimum atomic E-state index is -2.89. The van der Waals surface area contributed by atoms with Gasteiger partial charge >= 0.3 is 6.61 Å². The van der Waals surface area contributed by atoms with Crippen LogP contribution in [0, 0.1) is 0 Å². The van der Waals surface area contributed by atoms with Gasteiger partial charge in [0.05, 0.1) is 7.11 Å². The number of aliphatic imine (C=N–C) groups is 1. The summed E-state index contributed by atoms with van der Waals surface area (Å²) in [6.07, 6.45) is 4.50. The highest BCUT2D eigenvalue weighted by Crippen LogP contribution is 2.25. The van der Waals surface area contributed by atoms with Gasteiger partial charge in [-0.15, -0.1) is 24.0 Å². The second kappa shape index (κ2) is 12.3. The molecule has 0 bridgehead atoms. The summed E-state index contributed by atoms with van der Waals surface area (Å²) in [5, 5.41) is 10.4. The topological polar surface area (TPSA) is 72.7 Å². The first-order valence-electron chi connectivity index (χ1n) is 8.16. The number of rotatable bonds is 9. The molecule has 0 spiro atoms. The Morgan fingerprint density at radius 2 is 2.15 bits per heavy atom. The Balaban J connectivity index is 0.00000364. The van der Waals surface area contributed by atoms with E-state index in [4.69, 9.17) is 4.74 Å². The Morgan fingerprint density at radius 1 is 1.33 bits per heavy atom. The number of aryl methyl sites for hydroxylation is 1. The first kappa shape index (κ1) is 22.9. The van der Waals surface area contributed by atoms with E-state index in [0.717, 1.165) is 13.0 Å². The third-order valence-electron chi connectivity index (χ3n) is 3.57. The van der Waals surface area contributed by atoms with Gasteiger partial charge in [-0.05, 0) is 30.7 Å². The van der Waals surface area contributed by atoms with Crippen LogP contribution in [-0.4, -0.2) is 43.1 Å². The maximum absolute atomic E-state index is 12.6. The number of alkyl halides is 2. The molecule has 150 valence electrons. The maximum atomic E-state index is 12.6. The molecule has 0 unspecified atom stereocenters. The monoisotopic (exact) mass is 495 g/mol. The lowest BCUT2D eigenvalue weighted by Crippen LogP contribution is -2.37. The molecule has 10 heteroatoms. The Morgan fingerprint density at radius 3 is 2.78 bits per heavy atom. The fourth-order valence-corrected chi connectivity index (χ4v) is 2.31. The van der Waals surface area contributed by atoms with Crippen LogP contribution in [0.25, 0.3) is 0 Å². The summed E-state index contributed by atoms with van der Waals surface area (Å²) < 4.78 is 36.6. The van der Waals surface area contributed by atoms with Gasteiger partial charge in [-0.1, -0.05) is 0 Å². The number of hydrogen-bond donors (Lipinski definition) is 2. The average Bonchev–Trinajstić information content (AvgIpc) is 3.15. The molecule has 7 nitrogen and oxygen atoms in total. The second-order valence-electron chi connectivity index (χ2n) is 5.33. The SMILES string of the molecule is CN=C(NCCCn1cccn1)NCc1cc(OC)ccc1OC(F)F.I. The Labute approximate surface area is 174 Å². The third kappa shape index (κ3) is 7.97. The molecule has 0 amide bonds. The van der Waals surface area contributed by atoms with Crippen LogP contribution in [0.4, 0.5) is 8.78 Å². The standard InChI is InChI=1S/C17H23F2N5O2.HI/c1-20-17(21-7-3-9-24-10-4-8-23-24)22-12-13-11-14(25-2)5-6-15(13)26-16(18)19;/h4-6,8,10-11,16H,3,7,9,12H2,1-2H3,(H2,20,21,22);1H. The van der Waals surface area contributed by atoms with Gasteiger partial charge in [0, 0.05) is 44.6 Å². The van der Waals surface area contributed by atoms with E-state index in [1.807, 2.05) is 16.9 Å². The number of methoxy groups -OCH3 is 1. The highest BCUT2D eigenvalue weighted by atomic mass is 127. The zero-order chi connectivity index (χ0) is 18.8. The van der Waals surface area contributed by atoms with Gasteiger partial charge < -0.3 is 20.1 Å². The molecule has 2 rings (SSSR count). The second-order valence-corrected chi connectivity index (χ2v) is 5.33. The van der Waals surface area contributed by atoms with Gasteiger partial charge in [0.15, 0.2) is 5.96 Å². The Kier molecular flexibility index (Phi) is 10.5. The molecule has 2 N–H and O–H groups in total. The van der Waals surface area contributed by atoms with E-state index in [1.165, 1.54) is 13.2 Å². The van der Waals surface area contributed by atoms with Gasteiger partial charge in [-0.2, -0.15) is 13.9 Å². The van der Waals surface area contributed by atoms with Gasteiger partial charge in [-0.25, -0.2) is 0 Å². The van der Waals surface area contributed by atoms with Crippen LogP contribution in [0.3, 0.4) is 0 Å². The zero-order valence-electron chi connectivity index (χ0n) is 15.2. The van der Waals surface area contributed by atoms with Crippen LogP contribution in [0.15, 0.2) is 41.7 Å². The number of hydrogen-bond acceptors (Lipinski definition) is 4. The molecule has 1 heterocycles. The zero-order valence-corrected chi connectivity index (χ0v) is 17.5. The van der Waals surface area contributed by atoms with Crippen molar-refractivity contribution in [2.24, 2.45) is 4.99 Å². The van der Waals surface area contributed by atoms with Gasteiger partial charge in [-0.3, -0.25) is 9.67 Å². The molecule has 0 aliphatic heterocycles. The molecule has 0 aliphatic carbocycles. The summed E-state index contributed by atoms with van der Waals surface area (Å²) in [6.45, 7) is -1.14. The molecule has 2 aromatic rings. The minimum Gasteiger partial charge on any atom is -0.497 e. The predicted octanol–water partition coefficient (Wildman–Crippen LogP) is 2.87. The first-order valence-corrected chi connectivity index (χ1v) is 8.16. The van der Waals surface area contributed by atoms with E-state index in [9.17, 15) is 8.78 Å². The van der Waals surface area contributed by atoms with Crippen molar-refractivity contribution < 1.29 is 18.3 Å². The van der Waals surface area contributed by atoms with Crippen molar-refractivity contribution >= 4 is 29.9 Å². The van der Waals surface area contributed by atoms with Crippen molar-refractivity contribution in [3.63, 3.8) is 0 Å². The van der Waals surface area contributed by atoms with E-state index in [-0.39, 0.29) is 36.3 Å². The lowest BCUT2D eigenvalue weighted by molar-refractivity contribution is -0.0504. The number of guanidine groups is 1. The smallest absolute Gasteiger partial charge is 0.387 e. The van der Waals surface area contributed by atoms with Gasteiger partial charge in [0.1, 0.15) is 11.5 Å². The number of nitrogens with one attached hydrogen (secondary N) is 2. The van der Waals surface area contributed by atoms with Crippen molar-refractivity contribution in [3.05, 3.63) is 42.2 Å². The number of nitrogens with zero attached hydrogens (tertiary/aromatic N) is 3. The molecule has 0 saturated carbocycles. The van der Waals surface area contributed by atoms with Crippen LogP contribution in [-0.2, 0) is 13.1 Å². The van der Waals surface area contributed by atoms with Crippen molar-refractivity contribution in [2.75, 3.05) is 20.7 Å². The summed E-state index contributed by atoms with van der Waals surface area (Å²) in [5.41, 5.74) is 0.546. The normalized spacial score (nSPS) is 11.1. The van der Waals surface area contributed by atoms with E-state index in [0.29, 0.717) is 23.8 Å². The number of halogens is 3. The van der Waals surface area contributed by atoms with E-state index >= 15 is 0 Å². The molecule has 0 atom stereocenters. The minimum absolute atomic E-state index is 0. The number of aromatic nitrogens is 2. The largest absolute Gasteiger partial charge is 0.497 e. The molecule has 27 heavy (non-hydrogen) atoms. The Bertz CT molecular complexity index is 699. The summed E-state index contributed by atoms with van der Waals surface area (Å²) in [4.78, 5) is 4.12. The first-order chi connectivity index (χ1) is 12.6. The van der Waals surface area contributed by atoms with Gasteiger partial charge in [0.25, 0.3) is 0 Å². The molecule has 0 radical (unpaired) electrons. The molecule has 1 aromatic carbocycles. The molecular weight excluding hydrogens is 471 g/mol. The van der Waals surface area contributed by atoms with E-state index in [1.54, 1.807) is 25.4 Å². The van der Waals surface area contributed by atoms with E-state index < -0.39 is 6.61 Å². The molecule has 0 fully saturated rings. The van der Waals surface area contributed by atoms with Crippen molar-refractivity contribution in [2.45, 2.75) is 26.1 Å². The summed E-state index contributed by atoms with van der Waals surface area (Å²) in [6, 6.07) is 6.56. The maximum Gasteiger partial charge on any atom is 0.387 e. The molecule has 0 saturated heterocycles. The fraction of sp³-hybridized carbons (Fsp3) is 0.412. The lowest BCUT2D eigenvalue weighted by atomic mass is 10.2. The van der Waals surface area contributed by atoms with Crippen molar-refractivity contribution in [3.8, 4) is 11.5 Å². The third-order valence-corrected chi connectivity index (χ3v) is 3.57. The average molecular weight is 495 g/mol. The molecular formula is C17H24F2IN5O2. The number of ether oxygens (including phenoxy) is 2. The summed E-state index contributed by atoms with van der Waals surface area (Å²) >= 11 is 0. The Hall–Kier alpha value is -2.11. The highest BCUT2D eigenvalue weighted by molar-refractivity contribution is 14.0. The summed E-state index contributed by atoms with van der Waals surface area (Å²) in [7, 11) is 3.16. The van der Waals surface area contributed by atoms with Crippen LogP contribution >= 0.6 is 24.0 Å². The van der Waals surface area contributed by atoms with E-state index in [2.05, 4.69) is 25.5 Å². The molecule has 1 aromatic heterocycles. The van der Waals surface area contributed by atoms with Crippen molar-refractivity contribution in [1.82, 2.24) is 20.4 Å². The molecule has 0 aliphatic rings. The van der Waals surface area contributed by atoms with Gasteiger partial charge in [0.2, 0.25) is 0 Å². The van der Waals surface area contributed by atoms with Crippen LogP contribution in [0.2, 0.25) is 0 Å². The lowest BCUT2D eigenvalue weighted by Gasteiger charge is -2.15. The van der Waals surface area contributed by atoms with Crippen LogP contribution < -0.4 is 20.1 Å².